The minimum Gasteiger partial charge on any atom is -0.381 e. The summed E-state index contributed by atoms with van der Waals surface area (Å²) in [4.78, 5) is 0. The van der Waals surface area contributed by atoms with Crippen LogP contribution >= 0.6 is 0 Å². The smallest absolute Gasteiger partial charge is 0.0724 e. The van der Waals surface area contributed by atoms with Crippen LogP contribution in [0.25, 0.3) is 0 Å². The third-order valence-corrected chi connectivity index (χ3v) is 4.01. The maximum Gasteiger partial charge on any atom is 0.0724 e. The third kappa shape index (κ3) is 3.44. The molecule has 1 N–H and O–H groups in total. The van der Waals surface area contributed by atoms with Gasteiger partial charge in [0.25, 0.3) is 0 Å². The maximum absolute atomic E-state index is 5.56. The van der Waals surface area contributed by atoms with Gasteiger partial charge in [-0.25, -0.2) is 0 Å². The van der Waals surface area contributed by atoms with Gasteiger partial charge < -0.3 is 14.8 Å². The zero-order valence-corrected chi connectivity index (χ0v) is 10.4. The summed E-state index contributed by atoms with van der Waals surface area (Å²) in [5.41, 5.74) is 0. The first-order chi connectivity index (χ1) is 7.90. The van der Waals surface area contributed by atoms with Gasteiger partial charge in [-0.05, 0) is 38.1 Å². The Morgan fingerprint density at radius 1 is 1.12 bits per heavy atom. The van der Waals surface area contributed by atoms with Gasteiger partial charge in [-0.3, -0.25) is 0 Å². The SMILES string of the molecule is COC1CCCCC1NCC1CCOCC1. The van der Waals surface area contributed by atoms with Crippen LogP contribution in [0.3, 0.4) is 0 Å². The highest BCUT2D eigenvalue weighted by molar-refractivity contribution is 4.82. The van der Waals surface area contributed by atoms with E-state index in [4.69, 9.17) is 9.47 Å². The molecule has 0 amide bonds. The second kappa shape index (κ2) is 6.58. The highest BCUT2D eigenvalue weighted by atomic mass is 16.5. The Labute approximate surface area is 98.9 Å². The van der Waals surface area contributed by atoms with Gasteiger partial charge in [-0.1, -0.05) is 12.8 Å². The summed E-state index contributed by atoms with van der Waals surface area (Å²) in [5, 5.41) is 3.71. The number of ether oxygens (including phenoxy) is 2. The minimum absolute atomic E-state index is 0.439. The van der Waals surface area contributed by atoms with E-state index in [2.05, 4.69) is 5.32 Å². The van der Waals surface area contributed by atoms with Crippen LogP contribution in [0.5, 0.6) is 0 Å². The second-order valence-corrected chi connectivity index (χ2v) is 5.13. The molecular formula is C13H25NO2. The fourth-order valence-electron chi connectivity index (χ4n) is 2.88. The predicted octanol–water partition coefficient (Wildman–Crippen LogP) is 1.96. The number of nitrogens with one attached hydrogen (secondary N) is 1. The normalized spacial score (nSPS) is 32.8. The van der Waals surface area contributed by atoms with Crippen LogP contribution in [0, 0.1) is 5.92 Å². The highest BCUT2D eigenvalue weighted by Crippen LogP contribution is 2.21. The summed E-state index contributed by atoms with van der Waals surface area (Å²) >= 11 is 0. The quantitative estimate of drug-likeness (QED) is 0.796. The predicted molar refractivity (Wildman–Crippen MR) is 64.6 cm³/mol. The van der Waals surface area contributed by atoms with Gasteiger partial charge in [-0.2, -0.15) is 0 Å². The molecule has 0 aromatic heterocycles. The summed E-state index contributed by atoms with van der Waals surface area (Å²) in [6, 6.07) is 0.585. The standard InChI is InChI=1S/C13H25NO2/c1-15-13-5-3-2-4-12(13)14-10-11-6-8-16-9-7-11/h11-14H,2-10H2,1H3. The molecular weight excluding hydrogens is 202 g/mol. The molecule has 1 saturated carbocycles. The maximum atomic E-state index is 5.56. The summed E-state index contributed by atoms with van der Waals surface area (Å²) in [6.45, 7) is 3.04. The Morgan fingerprint density at radius 2 is 1.88 bits per heavy atom. The lowest BCUT2D eigenvalue weighted by molar-refractivity contribution is 0.0332. The molecule has 2 unspecified atom stereocenters. The number of rotatable bonds is 4. The molecule has 0 aromatic carbocycles. The molecule has 0 aromatic rings. The van der Waals surface area contributed by atoms with Gasteiger partial charge in [0.15, 0.2) is 0 Å². The summed E-state index contributed by atoms with van der Waals surface area (Å²) < 4.78 is 10.9. The molecule has 0 radical (unpaired) electrons. The van der Waals surface area contributed by atoms with Crippen molar-refractivity contribution in [3.8, 4) is 0 Å². The average molecular weight is 227 g/mol. The van der Waals surface area contributed by atoms with Crippen molar-refractivity contribution in [2.75, 3.05) is 26.9 Å². The van der Waals surface area contributed by atoms with E-state index in [9.17, 15) is 0 Å². The molecule has 0 bridgehead atoms. The summed E-state index contributed by atoms with van der Waals surface area (Å²) in [6.07, 6.45) is 8.06. The number of methoxy groups -OCH3 is 1. The van der Waals surface area contributed by atoms with E-state index in [0.717, 1.165) is 25.7 Å². The van der Waals surface area contributed by atoms with E-state index < -0.39 is 0 Å². The van der Waals surface area contributed by atoms with Crippen LogP contribution in [0.1, 0.15) is 38.5 Å². The fourth-order valence-corrected chi connectivity index (χ4v) is 2.88. The lowest BCUT2D eigenvalue weighted by atomic mass is 9.91. The van der Waals surface area contributed by atoms with Crippen LogP contribution in [0.2, 0.25) is 0 Å². The molecule has 2 atom stereocenters. The third-order valence-electron chi connectivity index (χ3n) is 4.01. The molecule has 16 heavy (non-hydrogen) atoms. The Bertz CT molecular complexity index is 192. The molecule has 2 rings (SSSR count). The first kappa shape index (κ1) is 12.3. The molecule has 0 spiro atoms. The van der Waals surface area contributed by atoms with Gasteiger partial charge in [0, 0.05) is 26.4 Å². The molecule has 3 nitrogen and oxygen atoms in total. The monoisotopic (exact) mass is 227 g/mol. The van der Waals surface area contributed by atoms with Crippen molar-refractivity contribution >= 4 is 0 Å². The molecule has 1 aliphatic heterocycles. The van der Waals surface area contributed by atoms with Gasteiger partial charge in [-0.15, -0.1) is 0 Å². The van der Waals surface area contributed by atoms with Crippen molar-refractivity contribution in [2.24, 2.45) is 5.92 Å². The van der Waals surface area contributed by atoms with E-state index in [0.29, 0.717) is 12.1 Å². The largest absolute Gasteiger partial charge is 0.381 e. The number of hydrogen-bond acceptors (Lipinski definition) is 3. The Balaban J connectivity index is 1.70. The Kier molecular flexibility index (Phi) is 5.07. The average Bonchev–Trinajstić information content (AvgIpc) is 2.38. The summed E-state index contributed by atoms with van der Waals surface area (Å²) in [5.74, 6) is 0.813. The molecule has 3 heteroatoms. The van der Waals surface area contributed by atoms with E-state index in [-0.39, 0.29) is 0 Å². The molecule has 94 valence electrons. The number of hydrogen-bond donors (Lipinski definition) is 1. The minimum atomic E-state index is 0.439. The van der Waals surface area contributed by atoms with Crippen molar-refractivity contribution < 1.29 is 9.47 Å². The van der Waals surface area contributed by atoms with Crippen molar-refractivity contribution in [1.29, 1.82) is 0 Å². The van der Waals surface area contributed by atoms with E-state index in [1.165, 1.54) is 38.5 Å². The highest BCUT2D eigenvalue weighted by Gasteiger charge is 2.25. The van der Waals surface area contributed by atoms with Crippen molar-refractivity contribution in [3.63, 3.8) is 0 Å². The van der Waals surface area contributed by atoms with E-state index >= 15 is 0 Å². The van der Waals surface area contributed by atoms with Gasteiger partial charge >= 0.3 is 0 Å². The lowest BCUT2D eigenvalue weighted by Crippen LogP contribution is -2.45. The summed E-state index contributed by atoms with van der Waals surface area (Å²) in [7, 11) is 1.85. The van der Waals surface area contributed by atoms with Crippen LogP contribution in [0.15, 0.2) is 0 Å². The zero-order valence-electron chi connectivity index (χ0n) is 10.4. The molecule has 1 aliphatic carbocycles. The van der Waals surface area contributed by atoms with Gasteiger partial charge in [0.05, 0.1) is 6.10 Å². The van der Waals surface area contributed by atoms with Crippen LogP contribution < -0.4 is 5.32 Å². The fraction of sp³-hybridized carbons (Fsp3) is 1.00. The van der Waals surface area contributed by atoms with Crippen LogP contribution in [0.4, 0.5) is 0 Å². The first-order valence-electron chi connectivity index (χ1n) is 6.74. The van der Waals surface area contributed by atoms with E-state index in [1.807, 2.05) is 7.11 Å². The molecule has 1 heterocycles. The Morgan fingerprint density at radius 3 is 2.62 bits per heavy atom. The van der Waals surface area contributed by atoms with E-state index in [1.54, 1.807) is 0 Å². The molecule has 2 fully saturated rings. The second-order valence-electron chi connectivity index (χ2n) is 5.13. The van der Waals surface area contributed by atoms with Crippen LogP contribution in [-0.4, -0.2) is 39.0 Å². The van der Waals surface area contributed by atoms with Gasteiger partial charge in [0.2, 0.25) is 0 Å². The lowest BCUT2D eigenvalue weighted by Gasteiger charge is -2.33. The Hall–Kier alpha value is -0.120. The molecule has 2 aliphatic rings. The first-order valence-corrected chi connectivity index (χ1v) is 6.74. The topological polar surface area (TPSA) is 30.5 Å². The van der Waals surface area contributed by atoms with Crippen molar-refractivity contribution in [2.45, 2.75) is 50.7 Å². The van der Waals surface area contributed by atoms with Gasteiger partial charge in [0.1, 0.15) is 0 Å². The zero-order chi connectivity index (χ0) is 11.2. The van der Waals surface area contributed by atoms with Crippen molar-refractivity contribution in [1.82, 2.24) is 5.32 Å². The van der Waals surface area contributed by atoms with Crippen LogP contribution in [-0.2, 0) is 9.47 Å². The van der Waals surface area contributed by atoms with Crippen molar-refractivity contribution in [3.05, 3.63) is 0 Å². The molecule has 1 saturated heterocycles.